The van der Waals surface area contributed by atoms with E-state index in [4.69, 9.17) is 0 Å². The standard InChI is InChI=1S/C24H30N2O2/c1-24(2,3)19-14-12-18(13-15-19)23(28)26-21-11-7-10-20(16-21)25-22(27)17-8-5-4-6-9-17/h7,10-17H,4-6,8-9H2,1-3H3,(H,25,27)(H,26,28). The number of carbonyl (C=O) groups is 2. The first kappa shape index (κ1) is 20.1. The number of anilines is 2. The van der Waals surface area contributed by atoms with E-state index in [9.17, 15) is 9.59 Å². The van der Waals surface area contributed by atoms with Crippen molar-refractivity contribution in [2.75, 3.05) is 10.6 Å². The second kappa shape index (κ2) is 8.59. The molecule has 0 saturated heterocycles. The largest absolute Gasteiger partial charge is 0.326 e. The van der Waals surface area contributed by atoms with Crippen molar-refractivity contribution in [3.8, 4) is 0 Å². The van der Waals surface area contributed by atoms with Crippen LogP contribution in [-0.4, -0.2) is 11.8 Å². The molecule has 1 fully saturated rings. The Morgan fingerprint density at radius 2 is 1.46 bits per heavy atom. The van der Waals surface area contributed by atoms with E-state index in [0.717, 1.165) is 31.4 Å². The lowest BCUT2D eigenvalue weighted by atomic mass is 9.87. The van der Waals surface area contributed by atoms with E-state index >= 15 is 0 Å². The molecule has 1 saturated carbocycles. The molecule has 4 heteroatoms. The first-order valence-corrected chi connectivity index (χ1v) is 10.2. The Kier molecular flexibility index (Phi) is 6.18. The Bertz CT molecular complexity index is 828. The summed E-state index contributed by atoms with van der Waals surface area (Å²) in [6.07, 6.45) is 5.41. The Labute approximate surface area is 167 Å². The zero-order valence-electron chi connectivity index (χ0n) is 17.0. The molecule has 4 nitrogen and oxygen atoms in total. The minimum atomic E-state index is -0.156. The van der Waals surface area contributed by atoms with Crippen LogP contribution in [0.2, 0.25) is 0 Å². The predicted molar refractivity (Wildman–Crippen MR) is 115 cm³/mol. The van der Waals surface area contributed by atoms with Crippen molar-refractivity contribution in [1.82, 2.24) is 0 Å². The first-order chi connectivity index (χ1) is 13.3. The van der Waals surface area contributed by atoms with Crippen LogP contribution in [0.1, 0.15) is 68.8 Å². The van der Waals surface area contributed by atoms with Crippen LogP contribution in [0.25, 0.3) is 0 Å². The lowest BCUT2D eigenvalue weighted by molar-refractivity contribution is -0.120. The molecule has 2 N–H and O–H groups in total. The van der Waals surface area contributed by atoms with Crippen molar-refractivity contribution in [2.45, 2.75) is 58.3 Å². The molecule has 148 valence electrons. The van der Waals surface area contributed by atoms with Crippen LogP contribution < -0.4 is 10.6 Å². The summed E-state index contributed by atoms with van der Waals surface area (Å²) in [5.41, 5.74) is 3.25. The molecule has 28 heavy (non-hydrogen) atoms. The van der Waals surface area contributed by atoms with Crippen molar-refractivity contribution in [2.24, 2.45) is 5.92 Å². The van der Waals surface area contributed by atoms with Crippen LogP contribution in [0.5, 0.6) is 0 Å². The van der Waals surface area contributed by atoms with Crippen molar-refractivity contribution in [3.05, 3.63) is 59.7 Å². The molecule has 2 aromatic rings. The topological polar surface area (TPSA) is 58.2 Å². The molecule has 0 bridgehead atoms. The minimum Gasteiger partial charge on any atom is -0.326 e. The zero-order valence-corrected chi connectivity index (χ0v) is 17.0. The predicted octanol–water partition coefficient (Wildman–Crippen LogP) is 5.76. The highest BCUT2D eigenvalue weighted by molar-refractivity contribution is 6.04. The van der Waals surface area contributed by atoms with E-state index in [1.165, 1.54) is 12.0 Å². The van der Waals surface area contributed by atoms with Crippen molar-refractivity contribution in [1.29, 1.82) is 0 Å². The molecule has 0 radical (unpaired) electrons. The number of benzene rings is 2. The summed E-state index contributed by atoms with van der Waals surface area (Å²) in [5.74, 6) is 0.0329. The van der Waals surface area contributed by atoms with Gasteiger partial charge in [-0.05, 0) is 54.2 Å². The lowest BCUT2D eigenvalue weighted by Crippen LogP contribution is -2.24. The molecule has 0 heterocycles. The molecule has 2 aromatic carbocycles. The van der Waals surface area contributed by atoms with Gasteiger partial charge in [-0.1, -0.05) is 58.2 Å². The molecule has 2 amide bonds. The van der Waals surface area contributed by atoms with Crippen LogP contribution in [-0.2, 0) is 10.2 Å². The quantitative estimate of drug-likeness (QED) is 0.711. The van der Waals surface area contributed by atoms with E-state index in [-0.39, 0.29) is 23.1 Å². The summed E-state index contributed by atoms with van der Waals surface area (Å²) < 4.78 is 0. The highest BCUT2D eigenvalue weighted by atomic mass is 16.2. The molecule has 0 aromatic heterocycles. The summed E-state index contributed by atoms with van der Waals surface area (Å²) in [4.78, 5) is 25.0. The van der Waals surface area contributed by atoms with Gasteiger partial charge in [-0.25, -0.2) is 0 Å². The van der Waals surface area contributed by atoms with Gasteiger partial charge in [0.25, 0.3) is 5.91 Å². The number of hydrogen-bond donors (Lipinski definition) is 2. The summed E-state index contributed by atoms with van der Waals surface area (Å²) in [5, 5.41) is 5.92. The van der Waals surface area contributed by atoms with Gasteiger partial charge in [0, 0.05) is 22.9 Å². The van der Waals surface area contributed by atoms with Gasteiger partial charge >= 0.3 is 0 Å². The molecule has 0 atom stereocenters. The molecule has 1 aliphatic rings. The van der Waals surface area contributed by atoms with E-state index in [1.807, 2.05) is 48.5 Å². The van der Waals surface area contributed by atoms with Gasteiger partial charge in [0.2, 0.25) is 5.91 Å². The smallest absolute Gasteiger partial charge is 0.255 e. The van der Waals surface area contributed by atoms with Crippen LogP contribution in [0.4, 0.5) is 11.4 Å². The van der Waals surface area contributed by atoms with Crippen molar-refractivity contribution < 1.29 is 9.59 Å². The van der Waals surface area contributed by atoms with E-state index in [0.29, 0.717) is 11.3 Å². The van der Waals surface area contributed by atoms with E-state index < -0.39 is 0 Å². The maximum absolute atomic E-state index is 12.6. The SMILES string of the molecule is CC(C)(C)c1ccc(C(=O)Nc2cccc(NC(=O)C3CCCCC3)c2)cc1. The summed E-state index contributed by atoms with van der Waals surface area (Å²) in [7, 11) is 0. The second-order valence-corrected chi connectivity index (χ2v) is 8.69. The van der Waals surface area contributed by atoms with E-state index in [2.05, 4.69) is 31.4 Å². The summed E-state index contributed by atoms with van der Waals surface area (Å²) >= 11 is 0. The maximum Gasteiger partial charge on any atom is 0.255 e. The van der Waals surface area contributed by atoms with Gasteiger partial charge in [0.15, 0.2) is 0 Å². The van der Waals surface area contributed by atoms with Crippen LogP contribution in [0, 0.1) is 5.92 Å². The minimum absolute atomic E-state index is 0.0554. The Morgan fingerprint density at radius 3 is 2.07 bits per heavy atom. The number of nitrogens with one attached hydrogen (secondary N) is 2. The zero-order chi connectivity index (χ0) is 20.1. The monoisotopic (exact) mass is 378 g/mol. The Hall–Kier alpha value is -2.62. The van der Waals surface area contributed by atoms with Gasteiger partial charge in [0.1, 0.15) is 0 Å². The van der Waals surface area contributed by atoms with Crippen molar-refractivity contribution >= 4 is 23.2 Å². The van der Waals surface area contributed by atoms with Gasteiger partial charge in [-0.2, -0.15) is 0 Å². The molecule has 3 rings (SSSR count). The molecular formula is C24H30N2O2. The van der Waals surface area contributed by atoms with Gasteiger partial charge in [-0.15, -0.1) is 0 Å². The van der Waals surface area contributed by atoms with Crippen LogP contribution >= 0.6 is 0 Å². The van der Waals surface area contributed by atoms with Gasteiger partial charge < -0.3 is 10.6 Å². The Balaban J connectivity index is 1.63. The molecule has 0 unspecified atom stereocenters. The fraction of sp³-hybridized carbons (Fsp3) is 0.417. The van der Waals surface area contributed by atoms with Gasteiger partial charge in [-0.3, -0.25) is 9.59 Å². The highest BCUT2D eigenvalue weighted by Crippen LogP contribution is 2.26. The number of carbonyl (C=O) groups excluding carboxylic acids is 2. The van der Waals surface area contributed by atoms with Crippen molar-refractivity contribution in [3.63, 3.8) is 0 Å². The van der Waals surface area contributed by atoms with Crippen LogP contribution in [0.3, 0.4) is 0 Å². The number of amides is 2. The number of rotatable bonds is 4. The van der Waals surface area contributed by atoms with E-state index in [1.54, 1.807) is 0 Å². The number of hydrogen-bond acceptors (Lipinski definition) is 2. The molecule has 0 aliphatic heterocycles. The normalized spacial score (nSPS) is 15.1. The molecule has 1 aliphatic carbocycles. The lowest BCUT2D eigenvalue weighted by Gasteiger charge is -2.21. The molecule has 0 spiro atoms. The average molecular weight is 379 g/mol. The summed E-state index contributed by atoms with van der Waals surface area (Å²) in [6.45, 7) is 6.44. The Morgan fingerprint density at radius 1 is 0.857 bits per heavy atom. The fourth-order valence-electron chi connectivity index (χ4n) is 3.61. The third-order valence-electron chi connectivity index (χ3n) is 5.38. The van der Waals surface area contributed by atoms with Gasteiger partial charge in [0.05, 0.1) is 0 Å². The first-order valence-electron chi connectivity index (χ1n) is 10.2. The maximum atomic E-state index is 12.6. The fourth-order valence-corrected chi connectivity index (χ4v) is 3.61. The molecular weight excluding hydrogens is 348 g/mol. The second-order valence-electron chi connectivity index (χ2n) is 8.69. The highest BCUT2D eigenvalue weighted by Gasteiger charge is 2.21. The summed E-state index contributed by atoms with van der Waals surface area (Å²) in [6, 6.07) is 15.0. The third kappa shape index (κ3) is 5.22. The third-order valence-corrected chi connectivity index (χ3v) is 5.38. The van der Waals surface area contributed by atoms with Crippen LogP contribution in [0.15, 0.2) is 48.5 Å². The average Bonchev–Trinajstić information content (AvgIpc) is 2.68.